The van der Waals surface area contributed by atoms with Crippen LogP contribution in [-0.2, 0) is 11.2 Å². The first-order valence-corrected chi connectivity index (χ1v) is 6.04. The van der Waals surface area contributed by atoms with Gasteiger partial charge in [0, 0.05) is 29.3 Å². The van der Waals surface area contributed by atoms with E-state index in [1.54, 1.807) is 19.2 Å². The highest BCUT2D eigenvalue weighted by Gasteiger charge is 2.05. The minimum atomic E-state index is -3.09. The molecular weight excluding hydrogens is 242 g/mol. The molecule has 0 aliphatic rings. The highest BCUT2D eigenvalue weighted by molar-refractivity contribution is 5.27. The lowest BCUT2D eigenvalue weighted by molar-refractivity contribution is 0.104. The van der Waals surface area contributed by atoms with Crippen LogP contribution >= 0.6 is 0 Å². The molecule has 0 unspecified atom stereocenters. The van der Waals surface area contributed by atoms with Crippen molar-refractivity contribution in [3.8, 4) is 5.75 Å². The summed E-state index contributed by atoms with van der Waals surface area (Å²) in [4.78, 5) is 0. The molecule has 1 aromatic rings. The first-order chi connectivity index (χ1) is 11.9. The maximum Gasteiger partial charge on any atom is 0.119 e. The zero-order valence-electron chi connectivity index (χ0n) is 18.0. The standard InChI is InChI=1S/C15H25NO3/c1-12(2)16-10-14(17)11-19-15-6-4-13(5-7-15)8-9-18-3/h4-7,12,14,16-17H,8-11H2,1-3H3/t14-/m0/s1/i1D3,2D3,12D. The molecule has 4 nitrogen and oxygen atoms in total. The van der Waals surface area contributed by atoms with E-state index in [0.717, 1.165) is 12.0 Å². The predicted octanol–water partition coefficient (Wildman–Crippen LogP) is 1.61. The number of hydrogen-bond donors (Lipinski definition) is 2. The predicted molar refractivity (Wildman–Crippen MR) is 76.7 cm³/mol. The average molecular weight is 274 g/mol. The molecule has 0 radical (unpaired) electrons. The van der Waals surface area contributed by atoms with Crippen molar-refractivity contribution in [3.05, 3.63) is 29.8 Å². The minimum Gasteiger partial charge on any atom is -0.491 e. The van der Waals surface area contributed by atoms with Gasteiger partial charge in [0.25, 0.3) is 0 Å². The number of nitrogens with one attached hydrogen (secondary N) is 1. The number of hydrogen-bond acceptors (Lipinski definition) is 4. The molecule has 0 fully saturated rings. The smallest absolute Gasteiger partial charge is 0.119 e. The Balaban J connectivity index is 2.54. The van der Waals surface area contributed by atoms with E-state index in [9.17, 15) is 5.11 Å². The topological polar surface area (TPSA) is 50.7 Å². The minimum absolute atomic E-state index is 0.178. The number of methoxy groups -OCH3 is 1. The molecule has 1 atom stereocenters. The molecule has 0 aliphatic carbocycles. The maximum absolute atomic E-state index is 9.92. The summed E-state index contributed by atoms with van der Waals surface area (Å²) >= 11 is 0. The third-order valence-corrected chi connectivity index (χ3v) is 2.48. The molecular formula is C15H25NO3. The van der Waals surface area contributed by atoms with Crippen LogP contribution in [0.5, 0.6) is 5.75 Å². The molecule has 0 spiro atoms. The Bertz CT molecular complexity index is 532. The first kappa shape index (κ1) is 8.25. The van der Waals surface area contributed by atoms with Crippen LogP contribution in [0.15, 0.2) is 24.3 Å². The van der Waals surface area contributed by atoms with Crippen molar-refractivity contribution in [2.24, 2.45) is 0 Å². The van der Waals surface area contributed by atoms with Crippen molar-refractivity contribution < 1.29 is 24.2 Å². The van der Waals surface area contributed by atoms with Crippen LogP contribution in [0.4, 0.5) is 0 Å². The van der Waals surface area contributed by atoms with Crippen molar-refractivity contribution in [1.29, 1.82) is 0 Å². The maximum atomic E-state index is 9.92. The van der Waals surface area contributed by atoms with Gasteiger partial charge in [-0.25, -0.2) is 0 Å². The van der Waals surface area contributed by atoms with Gasteiger partial charge >= 0.3 is 0 Å². The summed E-state index contributed by atoms with van der Waals surface area (Å²) in [5.74, 6) is 0.508. The molecule has 0 saturated heterocycles. The SMILES string of the molecule is [2H]C([2H])([2H])C([2H])(NC[C@H](O)COc1ccc(CCOC)cc1)C([2H])([2H])[2H]. The van der Waals surface area contributed by atoms with Gasteiger partial charge in [0.2, 0.25) is 0 Å². The Morgan fingerprint density at radius 2 is 2.11 bits per heavy atom. The normalized spacial score (nSPS) is 20.0. The van der Waals surface area contributed by atoms with E-state index in [2.05, 4.69) is 5.32 Å². The number of benzene rings is 1. The first-order valence-electron chi connectivity index (χ1n) is 9.54. The Labute approximate surface area is 125 Å². The molecule has 2 N–H and O–H groups in total. The third kappa shape index (κ3) is 7.15. The molecule has 1 aromatic carbocycles. The van der Waals surface area contributed by atoms with Crippen molar-refractivity contribution in [2.75, 3.05) is 26.9 Å². The molecule has 19 heavy (non-hydrogen) atoms. The fraction of sp³-hybridized carbons (Fsp3) is 0.600. The molecule has 0 aromatic heterocycles. The van der Waals surface area contributed by atoms with Gasteiger partial charge in [0.1, 0.15) is 18.5 Å². The summed E-state index contributed by atoms with van der Waals surface area (Å²) < 4.78 is 61.9. The van der Waals surface area contributed by atoms with Gasteiger partial charge in [-0.15, -0.1) is 0 Å². The van der Waals surface area contributed by atoms with Crippen LogP contribution in [0.1, 0.15) is 28.9 Å². The van der Waals surface area contributed by atoms with Crippen LogP contribution in [0.3, 0.4) is 0 Å². The summed E-state index contributed by atoms with van der Waals surface area (Å²) in [6.45, 7) is -6.16. The zero-order valence-corrected chi connectivity index (χ0v) is 11.0. The van der Waals surface area contributed by atoms with Crippen molar-refractivity contribution >= 4 is 0 Å². The number of aliphatic hydroxyl groups is 1. The molecule has 108 valence electrons. The molecule has 0 heterocycles. The number of ether oxygens (including phenoxy) is 2. The second-order valence-electron chi connectivity index (χ2n) is 4.11. The quantitative estimate of drug-likeness (QED) is 0.718. The monoisotopic (exact) mass is 274 g/mol. The van der Waals surface area contributed by atoms with Gasteiger partial charge in [-0.2, -0.15) is 0 Å². The highest BCUT2D eigenvalue weighted by atomic mass is 16.5. The molecule has 0 aliphatic heterocycles. The fourth-order valence-electron chi connectivity index (χ4n) is 1.44. The van der Waals surface area contributed by atoms with E-state index in [-0.39, 0.29) is 6.61 Å². The largest absolute Gasteiger partial charge is 0.491 e. The molecule has 4 heteroatoms. The van der Waals surface area contributed by atoms with Gasteiger partial charge in [0.05, 0.1) is 6.61 Å². The fourth-order valence-corrected chi connectivity index (χ4v) is 1.44. The molecule has 0 amide bonds. The molecule has 1 rings (SSSR count). The summed E-state index contributed by atoms with van der Waals surface area (Å²) in [6, 6.07) is 4.30. The van der Waals surface area contributed by atoms with Crippen molar-refractivity contribution in [3.63, 3.8) is 0 Å². The second-order valence-corrected chi connectivity index (χ2v) is 4.11. The average Bonchev–Trinajstić information content (AvgIpc) is 2.54. The van der Waals surface area contributed by atoms with Gasteiger partial charge in [-0.1, -0.05) is 25.8 Å². The lowest BCUT2D eigenvalue weighted by atomic mass is 10.1. The number of aliphatic hydroxyl groups excluding tert-OH is 1. The van der Waals surface area contributed by atoms with E-state index < -0.39 is 32.4 Å². The molecule has 0 bridgehead atoms. The Hall–Kier alpha value is -1.10. The molecule has 0 saturated carbocycles. The van der Waals surface area contributed by atoms with E-state index in [1.807, 2.05) is 12.1 Å². The number of rotatable bonds is 9. The van der Waals surface area contributed by atoms with E-state index in [4.69, 9.17) is 19.1 Å². The Kier molecular flexibility index (Phi) is 3.87. The van der Waals surface area contributed by atoms with Crippen LogP contribution < -0.4 is 10.1 Å². The Morgan fingerprint density at radius 3 is 2.74 bits per heavy atom. The van der Waals surface area contributed by atoms with E-state index >= 15 is 0 Å². The van der Waals surface area contributed by atoms with E-state index in [0.29, 0.717) is 12.4 Å². The van der Waals surface area contributed by atoms with Crippen LogP contribution in [0.25, 0.3) is 0 Å². The van der Waals surface area contributed by atoms with Crippen LogP contribution in [0, 0.1) is 0 Å². The lowest BCUT2D eigenvalue weighted by Gasteiger charge is -2.15. The third-order valence-electron chi connectivity index (χ3n) is 2.48. The van der Waals surface area contributed by atoms with Gasteiger partial charge in [-0.3, -0.25) is 0 Å². The van der Waals surface area contributed by atoms with Crippen molar-refractivity contribution in [2.45, 2.75) is 32.2 Å². The van der Waals surface area contributed by atoms with Crippen LogP contribution in [-0.4, -0.2) is 44.1 Å². The summed E-state index contributed by atoms with van der Waals surface area (Å²) in [5, 5.41) is 12.1. The van der Waals surface area contributed by atoms with Gasteiger partial charge in [-0.05, 0) is 24.1 Å². The van der Waals surface area contributed by atoms with Gasteiger partial charge in [0.15, 0.2) is 0 Å². The highest BCUT2D eigenvalue weighted by Crippen LogP contribution is 2.12. The van der Waals surface area contributed by atoms with Gasteiger partial charge < -0.3 is 19.9 Å². The second kappa shape index (κ2) is 8.91. The summed E-state index contributed by atoms with van der Waals surface area (Å²) in [6.07, 6.45) is -0.420. The van der Waals surface area contributed by atoms with Crippen molar-refractivity contribution in [1.82, 2.24) is 5.32 Å². The zero-order chi connectivity index (χ0) is 20.0. The van der Waals surface area contributed by atoms with Crippen LogP contribution in [0.2, 0.25) is 0 Å². The van der Waals surface area contributed by atoms with E-state index in [1.165, 1.54) is 0 Å². The Morgan fingerprint density at radius 1 is 1.37 bits per heavy atom. The summed E-state index contributed by atoms with van der Waals surface area (Å²) in [7, 11) is 1.62. The lowest BCUT2D eigenvalue weighted by Crippen LogP contribution is -2.35. The summed E-state index contributed by atoms with van der Waals surface area (Å²) in [5.41, 5.74) is 1.07.